The van der Waals surface area contributed by atoms with Gasteiger partial charge in [-0.25, -0.2) is 4.79 Å². The van der Waals surface area contributed by atoms with Crippen molar-refractivity contribution in [1.29, 1.82) is 0 Å². The lowest BCUT2D eigenvalue weighted by molar-refractivity contribution is 0.121. The van der Waals surface area contributed by atoms with Gasteiger partial charge < -0.3 is 0 Å². The Morgan fingerprint density at radius 1 is 1.29 bits per heavy atom. The predicted octanol–water partition coefficient (Wildman–Crippen LogP) is 1.88. The fraction of sp³-hybridized carbons (Fsp3) is 0.167. The van der Waals surface area contributed by atoms with Crippen LogP contribution in [-0.2, 0) is 0 Å². The largest absolute Gasteiger partial charge is 0.440 e. The first kappa shape index (κ1) is 11.2. The zero-order valence-corrected chi connectivity index (χ0v) is 9.70. The lowest BCUT2D eigenvalue weighted by Crippen LogP contribution is -2.34. The first-order valence-electron chi connectivity index (χ1n) is 5.20. The molecule has 1 aromatic heterocycles. The maximum absolute atomic E-state index is 11.8. The number of benzene rings is 1. The van der Waals surface area contributed by atoms with E-state index in [1.54, 1.807) is 19.3 Å². The van der Waals surface area contributed by atoms with Crippen molar-refractivity contribution in [3.63, 3.8) is 0 Å². The number of hydrogen-bond donors (Lipinski definition) is 0. The molecule has 2 rings (SSSR count). The van der Waals surface area contributed by atoms with Crippen LogP contribution >= 0.6 is 0 Å². The molecule has 1 amide bonds. The fourth-order valence-electron chi connectivity index (χ4n) is 1.34. The molecule has 0 aliphatic heterocycles. The van der Waals surface area contributed by atoms with Crippen LogP contribution in [0.2, 0.25) is 0 Å². The summed E-state index contributed by atoms with van der Waals surface area (Å²) in [5.41, 5.74) is 1.53. The van der Waals surface area contributed by atoms with E-state index in [0.717, 1.165) is 11.4 Å². The van der Waals surface area contributed by atoms with E-state index in [1.807, 2.05) is 37.3 Å². The Bertz CT molecular complexity index is 507. The van der Waals surface area contributed by atoms with Crippen LogP contribution in [0.4, 0.5) is 10.5 Å². The second kappa shape index (κ2) is 4.69. The predicted molar refractivity (Wildman–Crippen MR) is 63.8 cm³/mol. The van der Waals surface area contributed by atoms with Gasteiger partial charge in [0.15, 0.2) is 0 Å². The fourth-order valence-corrected chi connectivity index (χ4v) is 1.34. The number of aromatic nitrogens is 2. The summed E-state index contributed by atoms with van der Waals surface area (Å²) in [6, 6.07) is 11.0. The average molecular weight is 231 g/mol. The van der Waals surface area contributed by atoms with Crippen molar-refractivity contribution in [2.45, 2.75) is 6.92 Å². The molecule has 5 heteroatoms. The Morgan fingerprint density at radius 2 is 2.00 bits per heavy atom. The summed E-state index contributed by atoms with van der Waals surface area (Å²) in [5.74, 6) is 0. The monoisotopic (exact) mass is 231 g/mol. The van der Waals surface area contributed by atoms with Gasteiger partial charge in [-0.1, -0.05) is 23.0 Å². The van der Waals surface area contributed by atoms with Gasteiger partial charge in [-0.05, 0) is 25.1 Å². The molecule has 0 unspecified atom stereocenters. The minimum Gasteiger partial charge on any atom is -0.298 e. The van der Waals surface area contributed by atoms with Crippen molar-refractivity contribution in [2.24, 2.45) is 0 Å². The number of aryl methyl sites for hydroxylation is 1. The zero-order valence-electron chi connectivity index (χ0n) is 9.70. The first-order chi connectivity index (χ1) is 8.18. The molecule has 88 valence electrons. The smallest absolute Gasteiger partial charge is 0.298 e. The van der Waals surface area contributed by atoms with Crippen molar-refractivity contribution in [3.05, 3.63) is 48.3 Å². The molecule has 0 N–H and O–H groups in total. The van der Waals surface area contributed by atoms with Crippen molar-refractivity contribution in [3.8, 4) is 0 Å². The third-order valence-corrected chi connectivity index (χ3v) is 2.37. The third kappa shape index (κ3) is 2.44. The Morgan fingerprint density at radius 3 is 2.59 bits per heavy atom. The number of amides is 1. The number of nitrogens with zero attached hydrogens (tertiary/aromatic N) is 3. The molecule has 0 bridgehead atoms. The molecule has 0 saturated carbocycles. The highest BCUT2D eigenvalue weighted by Gasteiger charge is 2.14. The highest BCUT2D eigenvalue weighted by molar-refractivity contribution is 5.87. The number of hydrogen-bond acceptors (Lipinski definition) is 3. The molecule has 0 atom stereocenters. The van der Waals surface area contributed by atoms with Crippen LogP contribution in [0.1, 0.15) is 5.69 Å². The quantitative estimate of drug-likeness (QED) is 0.792. The third-order valence-electron chi connectivity index (χ3n) is 2.37. The van der Waals surface area contributed by atoms with Gasteiger partial charge in [0.2, 0.25) is 0 Å². The Labute approximate surface area is 99.2 Å². The molecule has 0 fully saturated rings. The van der Waals surface area contributed by atoms with E-state index in [9.17, 15) is 4.79 Å². The highest BCUT2D eigenvalue weighted by Crippen LogP contribution is 2.11. The van der Waals surface area contributed by atoms with E-state index >= 15 is 0 Å². The molecule has 2 aromatic rings. The number of carbonyl (C=O) groups excluding carboxylic acids is 1. The summed E-state index contributed by atoms with van der Waals surface area (Å²) in [6.07, 6.45) is 1.09. The summed E-state index contributed by atoms with van der Waals surface area (Å²) in [5, 5.41) is 3.88. The van der Waals surface area contributed by atoms with E-state index in [1.165, 1.54) is 9.75 Å². The van der Waals surface area contributed by atoms with Crippen LogP contribution in [0.25, 0.3) is 0 Å². The van der Waals surface area contributed by atoms with Gasteiger partial charge in [-0.2, -0.15) is 0 Å². The van der Waals surface area contributed by atoms with Crippen LogP contribution in [0.5, 0.6) is 0 Å². The summed E-state index contributed by atoms with van der Waals surface area (Å²) in [4.78, 5) is 19.5. The summed E-state index contributed by atoms with van der Waals surface area (Å²) >= 11 is 0. The van der Waals surface area contributed by atoms with E-state index in [4.69, 9.17) is 4.84 Å². The molecule has 0 spiro atoms. The molecule has 1 heterocycles. The van der Waals surface area contributed by atoms with Crippen molar-refractivity contribution in [1.82, 2.24) is 9.94 Å². The number of anilines is 1. The molecule has 1 aromatic carbocycles. The molecule has 0 radical (unpaired) electrons. The van der Waals surface area contributed by atoms with Crippen molar-refractivity contribution in [2.75, 3.05) is 11.9 Å². The van der Waals surface area contributed by atoms with Gasteiger partial charge in [0.05, 0.1) is 11.9 Å². The highest BCUT2D eigenvalue weighted by atomic mass is 16.7. The molecule has 5 nitrogen and oxygen atoms in total. The Kier molecular flexibility index (Phi) is 3.09. The standard InChI is InChI=1S/C12H13N3O2/c1-10-8-9-13-15(10)17-12(16)14(2)11-6-4-3-5-7-11/h3-9H,1-2H3. The molecule has 17 heavy (non-hydrogen) atoms. The normalized spacial score (nSPS) is 10.0. The molecule has 0 saturated heterocycles. The second-order valence-corrected chi connectivity index (χ2v) is 3.60. The summed E-state index contributed by atoms with van der Waals surface area (Å²) < 4.78 is 0. The number of para-hydroxylation sites is 1. The lowest BCUT2D eigenvalue weighted by atomic mass is 10.3. The number of rotatable bonds is 2. The zero-order chi connectivity index (χ0) is 12.3. The Hall–Kier alpha value is -2.30. The minimum absolute atomic E-state index is 0.483. The van der Waals surface area contributed by atoms with Gasteiger partial charge in [0.25, 0.3) is 0 Å². The van der Waals surface area contributed by atoms with Gasteiger partial charge in [0, 0.05) is 12.7 Å². The van der Waals surface area contributed by atoms with E-state index in [0.29, 0.717) is 0 Å². The first-order valence-corrected chi connectivity index (χ1v) is 5.20. The molecular formula is C12H13N3O2. The maximum atomic E-state index is 11.8. The topological polar surface area (TPSA) is 47.4 Å². The second-order valence-electron chi connectivity index (χ2n) is 3.60. The van der Waals surface area contributed by atoms with Gasteiger partial charge >= 0.3 is 6.09 Å². The maximum Gasteiger partial charge on any atom is 0.440 e. The van der Waals surface area contributed by atoms with Crippen LogP contribution in [0.3, 0.4) is 0 Å². The van der Waals surface area contributed by atoms with Crippen LogP contribution in [-0.4, -0.2) is 23.1 Å². The lowest BCUT2D eigenvalue weighted by Gasteiger charge is -2.16. The molecule has 0 aliphatic rings. The summed E-state index contributed by atoms with van der Waals surface area (Å²) in [6.45, 7) is 1.81. The van der Waals surface area contributed by atoms with Gasteiger partial charge in [0.1, 0.15) is 0 Å². The SMILES string of the molecule is Cc1ccnn1OC(=O)N(C)c1ccccc1. The van der Waals surface area contributed by atoms with Gasteiger partial charge in [-0.15, -0.1) is 5.10 Å². The van der Waals surface area contributed by atoms with Crippen LogP contribution in [0.15, 0.2) is 42.6 Å². The van der Waals surface area contributed by atoms with Crippen LogP contribution in [0, 0.1) is 6.92 Å². The average Bonchev–Trinajstić information content (AvgIpc) is 2.75. The summed E-state index contributed by atoms with van der Waals surface area (Å²) in [7, 11) is 1.65. The van der Waals surface area contributed by atoms with Crippen LogP contribution < -0.4 is 9.74 Å². The van der Waals surface area contributed by atoms with E-state index < -0.39 is 6.09 Å². The van der Waals surface area contributed by atoms with E-state index in [-0.39, 0.29) is 0 Å². The Balaban J connectivity index is 2.09. The minimum atomic E-state index is -0.483. The molecular weight excluding hydrogens is 218 g/mol. The van der Waals surface area contributed by atoms with Crippen molar-refractivity contribution < 1.29 is 9.63 Å². The van der Waals surface area contributed by atoms with Gasteiger partial charge in [-0.3, -0.25) is 9.74 Å². The van der Waals surface area contributed by atoms with Crippen molar-refractivity contribution >= 4 is 11.8 Å². The van der Waals surface area contributed by atoms with E-state index in [2.05, 4.69) is 5.10 Å². The molecule has 0 aliphatic carbocycles. The number of carbonyl (C=O) groups is 1.